The van der Waals surface area contributed by atoms with Crippen molar-refractivity contribution in [3.63, 3.8) is 0 Å². The van der Waals surface area contributed by atoms with E-state index in [1.54, 1.807) is 13.0 Å². The Bertz CT molecular complexity index is 1080. The number of carbonyl (C=O) groups is 2. The number of carbonyl (C=O) groups excluding carboxylic acids is 2. The topological polar surface area (TPSA) is 113 Å². The van der Waals surface area contributed by atoms with Gasteiger partial charge in [0.15, 0.2) is 11.5 Å². The lowest BCUT2D eigenvalue weighted by Crippen LogP contribution is -2.82. The summed E-state index contributed by atoms with van der Waals surface area (Å²) in [5.74, 6) is -0.868. The van der Waals surface area contributed by atoms with Gasteiger partial charge in [-0.3, -0.25) is 14.5 Å². The van der Waals surface area contributed by atoms with Gasteiger partial charge < -0.3 is 25.5 Å². The van der Waals surface area contributed by atoms with Gasteiger partial charge in [-0.15, -0.1) is 0 Å². The van der Waals surface area contributed by atoms with Gasteiger partial charge in [0.1, 0.15) is 5.54 Å². The molecule has 0 radical (unpaired) electrons. The number of phenolic OH excluding ortho intramolecular Hbond substituents is 2. The number of piperazine rings is 1. The predicted octanol–water partition coefficient (Wildman–Crippen LogP) is 1.14. The van der Waals surface area contributed by atoms with Gasteiger partial charge in [-0.05, 0) is 49.1 Å². The van der Waals surface area contributed by atoms with E-state index in [0.29, 0.717) is 37.9 Å². The lowest BCUT2D eigenvalue weighted by molar-refractivity contribution is -0.206. The number of phenols is 2. The van der Waals surface area contributed by atoms with Crippen LogP contribution in [-0.4, -0.2) is 73.7 Å². The number of amides is 2. The Morgan fingerprint density at radius 2 is 1.87 bits per heavy atom. The predicted molar refractivity (Wildman–Crippen MR) is 112 cm³/mol. The third-order valence-electron chi connectivity index (χ3n) is 10.0. The van der Waals surface area contributed by atoms with Crippen LogP contribution in [0.4, 0.5) is 5.69 Å². The number of aromatic hydroxyl groups is 2. The normalized spacial score (nSPS) is 44.5. The molecule has 5 aliphatic heterocycles. The lowest BCUT2D eigenvalue weighted by atomic mass is 9.55. The summed E-state index contributed by atoms with van der Waals surface area (Å²) in [5, 5.41) is 34.6. The maximum absolute atomic E-state index is 13.7. The molecule has 7 rings (SSSR count). The zero-order chi connectivity index (χ0) is 22.4. The third-order valence-corrected chi connectivity index (χ3v) is 10.0. The van der Waals surface area contributed by atoms with Gasteiger partial charge in [0.05, 0.1) is 22.2 Å². The molecule has 3 spiro atoms. The molecule has 1 aliphatic carbocycles. The van der Waals surface area contributed by atoms with Crippen molar-refractivity contribution < 1.29 is 24.9 Å². The van der Waals surface area contributed by atoms with E-state index in [9.17, 15) is 24.9 Å². The summed E-state index contributed by atoms with van der Waals surface area (Å²) < 4.78 is 0. The zero-order valence-electron chi connectivity index (χ0n) is 18.3. The highest BCUT2D eigenvalue weighted by Crippen LogP contribution is 2.72. The summed E-state index contributed by atoms with van der Waals surface area (Å²) in [5.41, 5.74) is -3.21. The van der Waals surface area contributed by atoms with Crippen molar-refractivity contribution in [1.82, 2.24) is 9.80 Å². The van der Waals surface area contributed by atoms with Crippen LogP contribution in [0.25, 0.3) is 0 Å². The fourth-order valence-electron chi connectivity index (χ4n) is 8.28. The van der Waals surface area contributed by atoms with Gasteiger partial charge in [-0.2, -0.15) is 0 Å². The molecule has 31 heavy (non-hydrogen) atoms. The van der Waals surface area contributed by atoms with Gasteiger partial charge >= 0.3 is 0 Å². The number of anilines is 1. The molecule has 5 fully saturated rings. The SMILES string of the molecule is CN1C(=O)[C@]23C[C@H]4C(C)(C)[C@@]5(C[C@@]41CN2CC[C@@]3(C)O)C(=O)Nc1c5ccc(O)c1O. The molecule has 1 aromatic rings. The van der Waals surface area contributed by atoms with Crippen LogP contribution in [0.2, 0.25) is 0 Å². The van der Waals surface area contributed by atoms with E-state index in [1.807, 2.05) is 11.9 Å². The summed E-state index contributed by atoms with van der Waals surface area (Å²) in [6.45, 7) is 7.20. The number of hydrogen-bond acceptors (Lipinski definition) is 6. The van der Waals surface area contributed by atoms with Crippen molar-refractivity contribution in [3.05, 3.63) is 17.7 Å². The molecule has 0 unspecified atom stereocenters. The number of nitrogens with zero attached hydrogens (tertiary/aromatic N) is 2. The summed E-state index contributed by atoms with van der Waals surface area (Å²) in [4.78, 5) is 31.3. The van der Waals surface area contributed by atoms with Crippen molar-refractivity contribution in [1.29, 1.82) is 0 Å². The first kappa shape index (κ1) is 19.4. The molecule has 8 heteroatoms. The lowest BCUT2D eigenvalue weighted by Gasteiger charge is -2.65. The third kappa shape index (κ3) is 1.67. The fourth-order valence-corrected chi connectivity index (χ4v) is 8.28. The highest BCUT2D eigenvalue weighted by Gasteiger charge is 2.82. The van der Waals surface area contributed by atoms with Crippen molar-refractivity contribution >= 4 is 17.5 Å². The van der Waals surface area contributed by atoms with Crippen LogP contribution in [-0.2, 0) is 15.0 Å². The molecule has 2 amide bonds. The molecular weight excluding hydrogens is 398 g/mol. The minimum Gasteiger partial charge on any atom is -0.504 e. The average molecular weight is 428 g/mol. The fraction of sp³-hybridized carbons (Fsp3) is 0.652. The number of piperidine rings is 2. The standard InChI is InChI=1S/C23H29N3O5/c1-19(2)14-9-23-18(30)25(4)21(14,11-26(23)8-7-20(23,3)31)10-22(19)12-5-6-13(27)16(28)15(12)24-17(22)29/h5-6,14,27-28,31H,7-11H2,1-4H3,(H,24,29)/t14-,20+,21+,22+,23-/m0/s1. The second-order valence-electron chi connectivity index (χ2n) is 11.1. The monoisotopic (exact) mass is 427 g/mol. The second kappa shape index (κ2) is 5.02. The molecule has 6 aliphatic rings. The highest BCUT2D eigenvalue weighted by molar-refractivity contribution is 6.09. The Morgan fingerprint density at radius 1 is 1.16 bits per heavy atom. The summed E-state index contributed by atoms with van der Waals surface area (Å²) in [7, 11) is 1.82. The van der Waals surface area contributed by atoms with Gasteiger partial charge in [0, 0.05) is 20.1 Å². The number of fused-ring (bicyclic) bond motifs is 3. The first-order chi connectivity index (χ1) is 14.4. The van der Waals surface area contributed by atoms with E-state index in [4.69, 9.17) is 0 Å². The van der Waals surface area contributed by atoms with Crippen LogP contribution in [0.1, 0.15) is 45.6 Å². The van der Waals surface area contributed by atoms with Crippen molar-refractivity contribution in [2.24, 2.45) is 11.3 Å². The van der Waals surface area contributed by atoms with E-state index in [-0.39, 0.29) is 34.9 Å². The number of aliphatic hydroxyl groups is 1. The molecule has 2 bridgehead atoms. The largest absolute Gasteiger partial charge is 0.504 e. The van der Waals surface area contributed by atoms with Crippen LogP contribution >= 0.6 is 0 Å². The number of rotatable bonds is 0. The molecule has 166 valence electrons. The van der Waals surface area contributed by atoms with Crippen LogP contribution in [0.5, 0.6) is 11.5 Å². The quantitative estimate of drug-likeness (QED) is 0.462. The Balaban J connectivity index is 1.60. The summed E-state index contributed by atoms with van der Waals surface area (Å²) in [6, 6.07) is 3.15. The smallest absolute Gasteiger partial charge is 0.246 e. The van der Waals surface area contributed by atoms with Crippen molar-refractivity contribution in [2.45, 2.75) is 62.1 Å². The average Bonchev–Trinajstić information content (AvgIpc) is 3.22. The Hall–Kier alpha value is -2.32. The van der Waals surface area contributed by atoms with Crippen molar-refractivity contribution in [2.75, 3.05) is 25.5 Å². The maximum Gasteiger partial charge on any atom is 0.246 e. The molecular formula is C23H29N3O5. The first-order valence-corrected chi connectivity index (χ1v) is 11.0. The van der Waals surface area contributed by atoms with Gasteiger partial charge in [0.2, 0.25) is 11.8 Å². The van der Waals surface area contributed by atoms with E-state index < -0.39 is 27.5 Å². The van der Waals surface area contributed by atoms with E-state index in [0.717, 1.165) is 0 Å². The number of benzene rings is 1. The number of nitrogens with one attached hydrogen (secondary N) is 1. The summed E-state index contributed by atoms with van der Waals surface area (Å²) in [6.07, 6.45) is 1.50. The maximum atomic E-state index is 13.7. The molecule has 5 heterocycles. The zero-order valence-corrected chi connectivity index (χ0v) is 18.3. The Morgan fingerprint density at radius 3 is 2.58 bits per heavy atom. The Kier molecular flexibility index (Phi) is 3.13. The van der Waals surface area contributed by atoms with Gasteiger partial charge in [-0.25, -0.2) is 0 Å². The minimum atomic E-state index is -1.13. The van der Waals surface area contributed by atoms with Crippen LogP contribution in [0, 0.1) is 11.3 Å². The molecule has 4 saturated heterocycles. The van der Waals surface area contributed by atoms with Crippen LogP contribution in [0.3, 0.4) is 0 Å². The van der Waals surface area contributed by atoms with E-state index in [2.05, 4.69) is 24.1 Å². The molecule has 5 atom stereocenters. The van der Waals surface area contributed by atoms with Crippen LogP contribution in [0.15, 0.2) is 12.1 Å². The van der Waals surface area contributed by atoms with E-state index >= 15 is 0 Å². The number of likely N-dealkylation sites (N-methyl/N-ethyl adjacent to an activating group) is 1. The van der Waals surface area contributed by atoms with Crippen LogP contribution < -0.4 is 5.32 Å². The molecule has 4 N–H and O–H groups in total. The van der Waals surface area contributed by atoms with Crippen molar-refractivity contribution in [3.8, 4) is 11.5 Å². The Labute approximate surface area is 180 Å². The molecule has 0 aromatic heterocycles. The minimum absolute atomic E-state index is 0.0174. The molecule has 1 aromatic carbocycles. The van der Waals surface area contributed by atoms with Gasteiger partial charge in [-0.1, -0.05) is 19.9 Å². The second-order valence-corrected chi connectivity index (χ2v) is 11.1. The first-order valence-electron chi connectivity index (χ1n) is 11.0. The van der Waals surface area contributed by atoms with Gasteiger partial charge in [0.25, 0.3) is 0 Å². The van der Waals surface area contributed by atoms with E-state index in [1.165, 1.54) is 6.07 Å². The molecule has 1 saturated carbocycles. The summed E-state index contributed by atoms with van der Waals surface area (Å²) >= 11 is 0. The molecule has 8 nitrogen and oxygen atoms in total. The highest BCUT2D eigenvalue weighted by atomic mass is 16.3. The number of hydrogen-bond donors (Lipinski definition) is 4.